The monoisotopic (exact) mass is 272 g/mol. The second-order valence-corrected chi connectivity index (χ2v) is 4.37. The van der Waals surface area contributed by atoms with E-state index in [0.29, 0.717) is 16.6 Å². The van der Waals surface area contributed by atoms with Crippen LogP contribution in [0.3, 0.4) is 0 Å². The van der Waals surface area contributed by atoms with Crippen LogP contribution in [0.4, 0.5) is 8.78 Å². The number of rotatable bonds is 2. The first-order valence-electron chi connectivity index (χ1n) is 5.99. The molecule has 1 N–H and O–H groups in total. The molecule has 3 rings (SSSR count). The van der Waals surface area contributed by atoms with Gasteiger partial charge in [-0.2, -0.15) is 0 Å². The molecule has 1 atom stereocenters. The minimum absolute atomic E-state index is 0.103. The Kier molecular flexibility index (Phi) is 3.12. The van der Waals surface area contributed by atoms with Crippen LogP contribution in [0, 0.1) is 11.6 Å². The summed E-state index contributed by atoms with van der Waals surface area (Å²) in [6, 6.07) is 7.90. The van der Waals surface area contributed by atoms with Crippen molar-refractivity contribution in [2.45, 2.75) is 6.10 Å². The molecular weight excluding hydrogens is 262 g/mol. The zero-order chi connectivity index (χ0) is 14.1. The number of halogens is 2. The fourth-order valence-electron chi connectivity index (χ4n) is 2.05. The smallest absolute Gasteiger partial charge is 0.129 e. The summed E-state index contributed by atoms with van der Waals surface area (Å²) >= 11 is 0. The molecule has 3 aromatic rings. The fourth-order valence-corrected chi connectivity index (χ4v) is 2.05. The molecule has 0 amide bonds. The van der Waals surface area contributed by atoms with Gasteiger partial charge in [0.15, 0.2) is 0 Å². The number of fused-ring (bicyclic) bond motifs is 1. The lowest BCUT2D eigenvalue weighted by atomic mass is 10.0. The van der Waals surface area contributed by atoms with E-state index in [1.54, 1.807) is 24.4 Å². The lowest BCUT2D eigenvalue weighted by molar-refractivity contribution is 0.214. The van der Waals surface area contributed by atoms with Crippen LogP contribution in [0.2, 0.25) is 0 Å². The number of benzene rings is 2. The van der Waals surface area contributed by atoms with Crippen LogP contribution in [0.25, 0.3) is 11.0 Å². The van der Waals surface area contributed by atoms with E-state index < -0.39 is 17.7 Å². The summed E-state index contributed by atoms with van der Waals surface area (Å²) in [6.45, 7) is 0. The molecular formula is C15H10F2N2O. The molecule has 0 aliphatic heterocycles. The zero-order valence-corrected chi connectivity index (χ0v) is 10.3. The highest BCUT2D eigenvalue weighted by molar-refractivity contribution is 5.74. The molecule has 3 nitrogen and oxygen atoms in total. The van der Waals surface area contributed by atoms with Crippen molar-refractivity contribution in [3.8, 4) is 0 Å². The fraction of sp³-hybridized carbons (Fsp3) is 0.0667. The Hall–Kier alpha value is -2.40. The van der Waals surface area contributed by atoms with E-state index in [1.807, 2.05) is 0 Å². The molecule has 0 aliphatic carbocycles. The minimum atomic E-state index is -1.25. The summed E-state index contributed by atoms with van der Waals surface area (Å²) in [5.41, 5.74) is 1.58. The van der Waals surface area contributed by atoms with Crippen molar-refractivity contribution in [3.05, 3.63) is 71.6 Å². The van der Waals surface area contributed by atoms with Crippen molar-refractivity contribution in [2.75, 3.05) is 0 Å². The second kappa shape index (κ2) is 4.94. The summed E-state index contributed by atoms with van der Waals surface area (Å²) < 4.78 is 26.8. The Bertz CT molecular complexity index is 777. The molecule has 1 aromatic heterocycles. The Balaban J connectivity index is 2.07. The van der Waals surface area contributed by atoms with Crippen LogP contribution in [0.5, 0.6) is 0 Å². The summed E-state index contributed by atoms with van der Waals surface area (Å²) in [5, 5.41) is 10.2. The van der Waals surface area contributed by atoms with Gasteiger partial charge in [-0.3, -0.25) is 9.97 Å². The van der Waals surface area contributed by atoms with Gasteiger partial charge in [-0.25, -0.2) is 8.78 Å². The molecule has 0 fully saturated rings. The standard InChI is InChI=1S/C15H10F2N2O/c16-10-2-3-12(17)11(8-10)15(20)9-1-4-13-14(7-9)19-6-5-18-13/h1-8,15,20H. The van der Waals surface area contributed by atoms with E-state index in [9.17, 15) is 13.9 Å². The third kappa shape index (κ3) is 2.23. The first kappa shape index (κ1) is 12.6. The van der Waals surface area contributed by atoms with Crippen molar-refractivity contribution in [1.29, 1.82) is 0 Å². The van der Waals surface area contributed by atoms with Gasteiger partial charge in [-0.1, -0.05) is 6.07 Å². The van der Waals surface area contributed by atoms with Gasteiger partial charge in [-0.15, -0.1) is 0 Å². The van der Waals surface area contributed by atoms with Crippen molar-refractivity contribution < 1.29 is 13.9 Å². The normalized spacial score (nSPS) is 12.6. The lowest BCUT2D eigenvalue weighted by Gasteiger charge is -2.13. The van der Waals surface area contributed by atoms with Gasteiger partial charge >= 0.3 is 0 Å². The number of nitrogens with zero attached hydrogens (tertiary/aromatic N) is 2. The van der Waals surface area contributed by atoms with Crippen LogP contribution >= 0.6 is 0 Å². The van der Waals surface area contributed by atoms with Crippen molar-refractivity contribution >= 4 is 11.0 Å². The quantitative estimate of drug-likeness (QED) is 0.780. The summed E-state index contributed by atoms with van der Waals surface area (Å²) in [5.74, 6) is -1.25. The van der Waals surface area contributed by atoms with E-state index in [1.165, 1.54) is 6.20 Å². The highest BCUT2D eigenvalue weighted by Crippen LogP contribution is 2.26. The molecule has 1 unspecified atom stereocenters. The van der Waals surface area contributed by atoms with Crippen LogP contribution in [0.1, 0.15) is 17.2 Å². The molecule has 0 aliphatic rings. The van der Waals surface area contributed by atoms with E-state index >= 15 is 0 Å². The van der Waals surface area contributed by atoms with Crippen LogP contribution < -0.4 is 0 Å². The predicted molar refractivity (Wildman–Crippen MR) is 70.0 cm³/mol. The first-order valence-corrected chi connectivity index (χ1v) is 5.99. The van der Waals surface area contributed by atoms with Gasteiger partial charge < -0.3 is 5.11 Å². The van der Waals surface area contributed by atoms with Crippen LogP contribution in [0.15, 0.2) is 48.8 Å². The predicted octanol–water partition coefficient (Wildman–Crippen LogP) is 2.99. The van der Waals surface area contributed by atoms with E-state index in [0.717, 1.165) is 18.2 Å². The number of aliphatic hydroxyl groups excluding tert-OH is 1. The summed E-state index contributed by atoms with van der Waals surface area (Å²) in [6.07, 6.45) is 1.84. The Morgan fingerprint density at radius 1 is 0.900 bits per heavy atom. The maximum absolute atomic E-state index is 13.7. The maximum atomic E-state index is 13.7. The molecule has 0 saturated heterocycles. The van der Waals surface area contributed by atoms with Gasteiger partial charge in [0.2, 0.25) is 0 Å². The average molecular weight is 272 g/mol. The van der Waals surface area contributed by atoms with E-state index in [4.69, 9.17) is 0 Å². The Morgan fingerprint density at radius 2 is 1.65 bits per heavy atom. The SMILES string of the molecule is OC(c1ccc2nccnc2c1)c1cc(F)ccc1F. The molecule has 20 heavy (non-hydrogen) atoms. The molecule has 0 bridgehead atoms. The van der Waals surface area contributed by atoms with Gasteiger partial charge in [0, 0.05) is 18.0 Å². The van der Waals surface area contributed by atoms with Gasteiger partial charge in [0.05, 0.1) is 11.0 Å². The molecule has 2 aromatic carbocycles. The maximum Gasteiger partial charge on any atom is 0.129 e. The van der Waals surface area contributed by atoms with Gasteiger partial charge in [-0.05, 0) is 35.9 Å². The van der Waals surface area contributed by atoms with Crippen molar-refractivity contribution in [3.63, 3.8) is 0 Å². The molecule has 0 spiro atoms. The van der Waals surface area contributed by atoms with Crippen LogP contribution in [-0.2, 0) is 0 Å². The topological polar surface area (TPSA) is 46.0 Å². The van der Waals surface area contributed by atoms with Crippen molar-refractivity contribution in [2.24, 2.45) is 0 Å². The molecule has 0 saturated carbocycles. The lowest BCUT2D eigenvalue weighted by Crippen LogP contribution is -2.03. The first-order chi connectivity index (χ1) is 9.65. The Labute approximate surface area is 113 Å². The van der Waals surface area contributed by atoms with Crippen molar-refractivity contribution in [1.82, 2.24) is 9.97 Å². The number of aliphatic hydroxyl groups is 1. The van der Waals surface area contributed by atoms with Gasteiger partial charge in [0.1, 0.15) is 17.7 Å². The number of hydrogen-bond donors (Lipinski definition) is 1. The van der Waals surface area contributed by atoms with E-state index in [-0.39, 0.29) is 5.56 Å². The van der Waals surface area contributed by atoms with Gasteiger partial charge in [0.25, 0.3) is 0 Å². The highest BCUT2D eigenvalue weighted by Gasteiger charge is 2.16. The minimum Gasteiger partial charge on any atom is -0.384 e. The summed E-state index contributed by atoms with van der Waals surface area (Å²) in [4.78, 5) is 8.22. The Morgan fingerprint density at radius 3 is 2.45 bits per heavy atom. The largest absolute Gasteiger partial charge is 0.384 e. The zero-order valence-electron chi connectivity index (χ0n) is 10.3. The molecule has 5 heteroatoms. The second-order valence-electron chi connectivity index (χ2n) is 4.37. The van der Waals surface area contributed by atoms with Crippen LogP contribution in [-0.4, -0.2) is 15.1 Å². The molecule has 100 valence electrons. The highest BCUT2D eigenvalue weighted by atomic mass is 19.1. The third-order valence-corrected chi connectivity index (χ3v) is 3.06. The average Bonchev–Trinajstić information content (AvgIpc) is 2.48. The number of hydrogen-bond acceptors (Lipinski definition) is 3. The third-order valence-electron chi connectivity index (χ3n) is 3.06. The van der Waals surface area contributed by atoms with E-state index in [2.05, 4.69) is 9.97 Å². The number of aromatic nitrogens is 2. The molecule has 1 heterocycles. The molecule has 0 radical (unpaired) electrons. The summed E-state index contributed by atoms with van der Waals surface area (Å²) in [7, 11) is 0.